The highest BCUT2D eigenvalue weighted by Gasteiger charge is 2.36. The van der Waals surface area contributed by atoms with Gasteiger partial charge in [-0.25, -0.2) is 0 Å². The minimum absolute atomic E-state index is 0.0508. The molecule has 0 spiro atoms. The van der Waals surface area contributed by atoms with E-state index in [0.717, 1.165) is 44.9 Å². The van der Waals surface area contributed by atoms with Crippen molar-refractivity contribution in [3.05, 3.63) is 12.2 Å². The highest BCUT2D eigenvalue weighted by atomic mass is 16.5. The summed E-state index contributed by atoms with van der Waals surface area (Å²) in [4.78, 5) is 23.7. The lowest BCUT2D eigenvalue weighted by Crippen LogP contribution is -2.51. The van der Waals surface area contributed by atoms with Crippen molar-refractivity contribution in [1.82, 2.24) is 5.32 Å². The molecule has 0 atom stereocenters. The van der Waals surface area contributed by atoms with E-state index in [9.17, 15) is 9.59 Å². The maximum Gasteiger partial charge on any atom is 0.307 e. The highest BCUT2D eigenvalue weighted by molar-refractivity contribution is 5.78. The van der Waals surface area contributed by atoms with E-state index >= 15 is 0 Å². The topological polar surface area (TPSA) is 55.4 Å². The van der Waals surface area contributed by atoms with Gasteiger partial charge in [0.15, 0.2) is 0 Å². The van der Waals surface area contributed by atoms with Gasteiger partial charge in [-0.3, -0.25) is 9.59 Å². The van der Waals surface area contributed by atoms with Crippen molar-refractivity contribution < 1.29 is 14.3 Å². The predicted octanol–water partition coefficient (Wildman–Crippen LogP) is 3.12. The Morgan fingerprint density at radius 3 is 2.50 bits per heavy atom. The Kier molecular flexibility index (Phi) is 6.76. The number of unbranched alkanes of at least 4 members (excludes halogenated alkanes) is 2. The van der Waals surface area contributed by atoms with Gasteiger partial charge in [-0.1, -0.05) is 31.9 Å². The number of esters is 1. The summed E-state index contributed by atoms with van der Waals surface area (Å²) >= 11 is 0. The first-order valence-corrected chi connectivity index (χ1v) is 7.56. The van der Waals surface area contributed by atoms with Crippen molar-refractivity contribution in [1.29, 1.82) is 0 Å². The Morgan fingerprint density at radius 1 is 1.30 bits per heavy atom. The maximum absolute atomic E-state index is 12.1. The van der Waals surface area contributed by atoms with Gasteiger partial charge in [-0.2, -0.15) is 0 Å². The van der Waals surface area contributed by atoms with Crippen LogP contribution in [0, 0.1) is 0 Å². The standard InChI is InChI=1S/C16H27NO3/c1-4-5-6-7-14(18)17-16(12-15(19)20-3)10-8-13(2)9-11-16/h2,4-12H2,1,3H3,(H,17,18). The fraction of sp³-hybridized carbons (Fsp3) is 0.750. The van der Waals surface area contributed by atoms with Gasteiger partial charge in [0.05, 0.1) is 19.1 Å². The van der Waals surface area contributed by atoms with E-state index in [0.29, 0.717) is 6.42 Å². The Balaban J connectivity index is 2.60. The van der Waals surface area contributed by atoms with Gasteiger partial charge in [-0.05, 0) is 32.1 Å². The smallest absolute Gasteiger partial charge is 0.307 e. The van der Waals surface area contributed by atoms with Crippen molar-refractivity contribution in [2.45, 2.75) is 70.3 Å². The van der Waals surface area contributed by atoms with E-state index in [1.807, 2.05) is 0 Å². The molecule has 4 heteroatoms. The lowest BCUT2D eigenvalue weighted by molar-refractivity contribution is -0.143. The zero-order chi connectivity index (χ0) is 15.0. The van der Waals surface area contributed by atoms with Gasteiger partial charge >= 0.3 is 5.97 Å². The molecule has 1 fully saturated rings. The SMILES string of the molecule is C=C1CCC(CC(=O)OC)(NC(=O)CCCCC)CC1. The molecule has 1 rings (SSSR count). The molecule has 0 aliphatic heterocycles. The highest BCUT2D eigenvalue weighted by Crippen LogP contribution is 2.33. The average Bonchev–Trinajstić information content (AvgIpc) is 2.42. The first-order chi connectivity index (χ1) is 9.51. The molecule has 0 aromatic heterocycles. The van der Waals surface area contributed by atoms with E-state index in [-0.39, 0.29) is 18.3 Å². The van der Waals surface area contributed by atoms with Crippen LogP contribution in [0.3, 0.4) is 0 Å². The number of carbonyl (C=O) groups is 2. The number of hydrogen-bond donors (Lipinski definition) is 1. The molecule has 1 amide bonds. The summed E-state index contributed by atoms with van der Waals surface area (Å²) in [5.41, 5.74) is 0.767. The van der Waals surface area contributed by atoms with E-state index in [4.69, 9.17) is 4.74 Å². The fourth-order valence-electron chi connectivity index (χ4n) is 2.67. The van der Waals surface area contributed by atoms with Crippen LogP contribution in [-0.4, -0.2) is 24.5 Å². The molecule has 20 heavy (non-hydrogen) atoms. The minimum Gasteiger partial charge on any atom is -0.469 e. The zero-order valence-electron chi connectivity index (χ0n) is 12.8. The average molecular weight is 281 g/mol. The Labute approximate surface area is 122 Å². The van der Waals surface area contributed by atoms with E-state index in [2.05, 4.69) is 18.8 Å². The van der Waals surface area contributed by atoms with Crippen LogP contribution < -0.4 is 5.32 Å². The maximum atomic E-state index is 12.1. The van der Waals surface area contributed by atoms with Crippen LogP contribution in [0.5, 0.6) is 0 Å². The van der Waals surface area contributed by atoms with Crippen LogP contribution >= 0.6 is 0 Å². The number of allylic oxidation sites excluding steroid dienone is 1. The van der Waals surface area contributed by atoms with Crippen molar-refractivity contribution in [2.24, 2.45) is 0 Å². The van der Waals surface area contributed by atoms with Crippen LogP contribution in [-0.2, 0) is 14.3 Å². The molecule has 1 aliphatic carbocycles. The zero-order valence-corrected chi connectivity index (χ0v) is 12.8. The summed E-state index contributed by atoms with van der Waals surface area (Å²) in [6, 6.07) is 0. The Bertz CT molecular complexity index is 353. The van der Waals surface area contributed by atoms with Crippen LogP contribution in [0.4, 0.5) is 0 Å². The van der Waals surface area contributed by atoms with Gasteiger partial charge < -0.3 is 10.1 Å². The third-order valence-corrected chi connectivity index (χ3v) is 4.04. The van der Waals surface area contributed by atoms with Crippen LogP contribution in [0.1, 0.15) is 64.7 Å². The largest absolute Gasteiger partial charge is 0.469 e. The molecule has 0 unspecified atom stereocenters. The summed E-state index contributed by atoms with van der Waals surface area (Å²) in [5.74, 6) is -0.207. The van der Waals surface area contributed by atoms with Crippen molar-refractivity contribution >= 4 is 11.9 Å². The predicted molar refractivity (Wildman–Crippen MR) is 79.3 cm³/mol. The first kappa shape index (κ1) is 16.7. The molecule has 0 radical (unpaired) electrons. The van der Waals surface area contributed by atoms with Crippen LogP contribution in [0.25, 0.3) is 0 Å². The number of carbonyl (C=O) groups excluding carboxylic acids is 2. The van der Waals surface area contributed by atoms with E-state index in [1.165, 1.54) is 12.7 Å². The van der Waals surface area contributed by atoms with Crippen molar-refractivity contribution in [3.8, 4) is 0 Å². The molecule has 4 nitrogen and oxygen atoms in total. The third kappa shape index (κ3) is 5.35. The van der Waals surface area contributed by atoms with Gasteiger partial charge in [-0.15, -0.1) is 0 Å². The molecular weight excluding hydrogens is 254 g/mol. The van der Waals surface area contributed by atoms with Crippen molar-refractivity contribution in [3.63, 3.8) is 0 Å². The molecule has 0 saturated heterocycles. The van der Waals surface area contributed by atoms with Gasteiger partial charge in [0.1, 0.15) is 0 Å². The molecular formula is C16H27NO3. The van der Waals surface area contributed by atoms with E-state index < -0.39 is 5.54 Å². The van der Waals surface area contributed by atoms with Crippen LogP contribution in [0.15, 0.2) is 12.2 Å². The summed E-state index contributed by atoms with van der Waals surface area (Å²) in [6.07, 6.45) is 7.16. The molecule has 1 aliphatic rings. The monoisotopic (exact) mass is 281 g/mol. The number of nitrogens with one attached hydrogen (secondary N) is 1. The Morgan fingerprint density at radius 2 is 1.95 bits per heavy atom. The summed E-state index contributed by atoms with van der Waals surface area (Å²) in [6.45, 7) is 6.10. The van der Waals surface area contributed by atoms with Crippen molar-refractivity contribution in [2.75, 3.05) is 7.11 Å². The first-order valence-electron chi connectivity index (χ1n) is 7.56. The second-order valence-electron chi connectivity index (χ2n) is 5.79. The number of amides is 1. The van der Waals surface area contributed by atoms with E-state index in [1.54, 1.807) is 0 Å². The lowest BCUT2D eigenvalue weighted by Gasteiger charge is -2.38. The number of ether oxygens (including phenoxy) is 1. The molecule has 1 saturated carbocycles. The Hall–Kier alpha value is -1.32. The molecule has 0 aromatic carbocycles. The number of hydrogen-bond acceptors (Lipinski definition) is 3. The lowest BCUT2D eigenvalue weighted by atomic mass is 9.77. The quantitative estimate of drug-likeness (QED) is 0.443. The third-order valence-electron chi connectivity index (χ3n) is 4.04. The van der Waals surface area contributed by atoms with Gasteiger partial charge in [0.25, 0.3) is 0 Å². The van der Waals surface area contributed by atoms with Gasteiger partial charge in [0.2, 0.25) is 5.91 Å². The summed E-state index contributed by atoms with van der Waals surface area (Å²) < 4.78 is 4.77. The van der Waals surface area contributed by atoms with Crippen LogP contribution in [0.2, 0.25) is 0 Å². The normalized spacial score (nSPS) is 17.6. The second kappa shape index (κ2) is 8.08. The number of rotatable bonds is 7. The molecule has 1 N–H and O–H groups in total. The fourth-order valence-corrected chi connectivity index (χ4v) is 2.67. The molecule has 0 aromatic rings. The molecule has 114 valence electrons. The molecule has 0 heterocycles. The summed E-state index contributed by atoms with van der Waals surface area (Å²) in [5, 5.41) is 3.10. The van der Waals surface area contributed by atoms with Gasteiger partial charge in [0, 0.05) is 6.42 Å². The number of methoxy groups -OCH3 is 1. The molecule has 0 bridgehead atoms. The summed E-state index contributed by atoms with van der Waals surface area (Å²) in [7, 11) is 1.39. The second-order valence-corrected chi connectivity index (χ2v) is 5.79. The minimum atomic E-state index is -0.433.